The largest absolute Gasteiger partial charge is 1.00 e. The molecule has 0 heterocycles. The summed E-state index contributed by atoms with van der Waals surface area (Å²) in [6.45, 7) is 8.83. The van der Waals surface area contributed by atoms with Crippen LogP contribution in [-0.4, -0.2) is 12.1 Å². The Morgan fingerprint density at radius 1 is 0.875 bits per heavy atom. The quantitative estimate of drug-likeness (QED) is 0.429. The Balaban J connectivity index is 0. The number of rotatable bonds is 2. The molecule has 0 rings (SSSR count). The third-order valence-electron chi connectivity index (χ3n) is 0.770. The van der Waals surface area contributed by atoms with E-state index in [-0.39, 0.29) is 12.4 Å². The third-order valence-corrected chi connectivity index (χ3v) is 0.770. The van der Waals surface area contributed by atoms with Gasteiger partial charge in [0.15, 0.2) is 0 Å². The van der Waals surface area contributed by atoms with Gasteiger partial charge in [-0.1, -0.05) is 0 Å². The van der Waals surface area contributed by atoms with Crippen LogP contribution in [0.2, 0.25) is 0 Å². The molecule has 0 atom stereocenters. The Hall–Kier alpha value is 0.250. The first kappa shape index (κ1) is 11.1. The molecule has 2 heteroatoms. The van der Waals surface area contributed by atoms with Crippen molar-refractivity contribution >= 4 is 0 Å². The summed E-state index contributed by atoms with van der Waals surface area (Å²) in [5, 5.41) is 2.33. The molecule has 1 nitrogen and oxygen atoms in total. The van der Waals surface area contributed by atoms with Gasteiger partial charge in [-0.2, -0.15) is 0 Å². The molecule has 0 spiro atoms. The summed E-state index contributed by atoms with van der Waals surface area (Å²) in [6, 6.07) is 1.50. The normalized spacial score (nSPS) is 9.75. The van der Waals surface area contributed by atoms with Crippen LogP contribution >= 0.6 is 0 Å². The molecule has 2 N–H and O–H groups in total. The summed E-state index contributed by atoms with van der Waals surface area (Å²) >= 11 is 0. The van der Waals surface area contributed by atoms with E-state index >= 15 is 0 Å². The van der Waals surface area contributed by atoms with Crippen molar-refractivity contribution in [1.29, 1.82) is 0 Å². The standard InChI is InChI=1S/C6H15N.ClH/c1-5(2)7-6(3)4;/h5-7H,1-4H3;1H. The van der Waals surface area contributed by atoms with E-state index in [0.717, 1.165) is 12.1 Å². The van der Waals surface area contributed by atoms with Gasteiger partial charge in [-0.25, -0.2) is 0 Å². The lowest BCUT2D eigenvalue weighted by Crippen LogP contribution is -3.00. The summed E-state index contributed by atoms with van der Waals surface area (Å²) in [5.74, 6) is 0. The lowest BCUT2D eigenvalue weighted by Gasteiger charge is -2.06. The van der Waals surface area contributed by atoms with Gasteiger partial charge in [0.1, 0.15) is 0 Å². The van der Waals surface area contributed by atoms with Crippen molar-refractivity contribution in [3.8, 4) is 0 Å². The molecule has 0 radical (unpaired) electrons. The molecule has 0 aliphatic heterocycles. The maximum atomic E-state index is 2.33. The van der Waals surface area contributed by atoms with Crippen LogP contribution in [0.1, 0.15) is 27.7 Å². The average molecular weight is 138 g/mol. The molecule has 0 aromatic carbocycles. The smallest absolute Gasteiger partial charge is 0.0803 e. The molecule has 0 aliphatic carbocycles. The lowest BCUT2D eigenvalue weighted by molar-refractivity contribution is -0.709. The van der Waals surface area contributed by atoms with Gasteiger partial charge in [-0.15, -0.1) is 0 Å². The number of quaternary nitrogens is 1. The minimum Gasteiger partial charge on any atom is -1.00 e. The highest BCUT2D eigenvalue weighted by Gasteiger charge is 1.96. The molecule has 0 unspecified atom stereocenters. The molecule has 0 bridgehead atoms. The zero-order valence-electron chi connectivity index (χ0n) is 6.11. The highest BCUT2D eigenvalue weighted by molar-refractivity contribution is 4.31. The third kappa shape index (κ3) is 9.54. The van der Waals surface area contributed by atoms with Gasteiger partial charge in [0.05, 0.1) is 12.1 Å². The Morgan fingerprint density at radius 2 is 1.12 bits per heavy atom. The second kappa shape index (κ2) is 5.39. The minimum atomic E-state index is 0. The average Bonchev–Trinajstić information content (AvgIpc) is 1.27. The van der Waals surface area contributed by atoms with Crippen molar-refractivity contribution in [3.05, 3.63) is 0 Å². The monoisotopic (exact) mass is 137 g/mol. The Labute approximate surface area is 58.3 Å². The molecule has 0 aromatic rings. The van der Waals surface area contributed by atoms with Gasteiger partial charge in [-0.3, -0.25) is 0 Å². The van der Waals surface area contributed by atoms with Crippen molar-refractivity contribution < 1.29 is 17.7 Å². The highest BCUT2D eigenvalue weighted by Crippen LogP contribution is 1.67. The number of nitrogens with two attached hydrogens (primary N) is 1. The fourth-order valence-electron chi connectivity index (χ4n) is 0.770. The summed E-state index contributed by atoms with van der Waals surface area (Å²) in [7, 11) is 0. The minimum absolute atomic E-state index is 0. The summed E-state index contributed by atoms with van der Waals surface area (Å²) < 4.78 is 0. The Kier molecular flexibility index (Phi) is 7.48. The van der Waals surface area contributed by atoms with Crippen molar-refractivity contribution in [1.82, 2.24) is 0 Å². The van der Waals surface area contributed by atoms with Gasteiger partial charge in [0.2, 0.25) is 0 Å². The van der Waals surface area contributed by atoms with Crippen LogP contribution in [0.4, 0.5) is 0 Å². The number of hydrogen-bond acceptors (Lipinski definition) is 0. The molecular weight excluding hydrogens is 122 g/mol. The molecule has 0 amide bonds. The Morgan fingerprint density at radius 3 is 1.12 bits per heavy atom. The van der Waals surface area contributed by atoms with E-state index in [1.54, 1.807) is 0 Å². The van der Waals surface area contributed by atoms with E-state index in [2.05, 4.69) is 33.0 Å². The Bertz CT molecular complexity index is 37.8. The van der Waals surface area contributed by atoms with Crippen molar-refractivity contribution in [2.24, 2.45) is 0 Å². The van der Waals surface area contributed by atoms with Crippen LogP contribution in [0.3, 0.4) is 0 Å². The molecule has 52 valence electrons. The van der Waals surface area contributed by atoms with Gasteiger partial charge >= 0.3 is 0 Å². The SMILES string of the molecule is CC(C)[NH2+]C(C)C.[Cl-]. The summed E-state index contributed by atoms with van der Waals surface area (Å²) in [4.78, 5) is 0. The van der Waals surface area contributed by atoms with Crippen LogP contribution in [0, 0.1) is 0 Å². The van der Waals surface area contributed by atoms with Gasteiger partial charge in [-0.05, 0) is 27.7 Å². The fraction of sp³-hybridized carbons (Fsp3) is 1.00. The van der Waals surface area contributed by atoms with Crippen molar-refractivity contribution in [2.45, 2.75) is 39.8 Å². The van der Waals surface area contributed by atoms with E-state index < -0.39 is 0 Å². The fourth-order valence-corrected chi connectivity index (χ4v) is 0.770. The molecule has 0 aliphatic rings. The topological polar surface area (TPSA) is 16.6 Å². The first-order valence-electron chi connectivity index (χ1n) is 2.98. The van der Waals surface area contributed by atoms with Crippen molar-refractivity contribution in [2.75, 3.05) is 0 Å². The maximum Gasteiger partial charge on any atom is 0.0803 e. The van der Waals surface area contributed by atoms with Crippen molar-refractivity contribution in [3.63, 3.8) is 0 Å². The van der Waals surface area contributed by atoms with E-state index in [4.69, 9.17) is 0 Å². The predicted molar refractivity (Wildman–Crippen MR) is 32.2 cm³/mol. The lowest BCUT2D eigenvalue weighted by atomic mass is 10.3. The summed E-state index contributed by atoms with van der Waals surface area (Å²) in [5.41, 5.74) is 0. The molecule has 8 heavy (non-hydrogen) atoms. The van der Waals surface area contributed by atoms with Gasteiger partial charge in [0.25, 0.3) is 0 Å². The van der Waals surface area contributed by atoms with Crippen LogP contribution in [0.5, 0.6) is 0 Å². The van der Waals surface area contributed by atoms with E-state index in [1.165, 1.54) is 0 Å². The molecule has 0 aromatic heterocycles. The first-order valence-corrected chi connectivity index (χ1v) is 2.98. The number of hydrogen-bond donors (Lipinski definition) is 1. The predicted octanol–water partition coefficient (Wildman–Crippen LogP) is -2.63. The first-order chi connectivity index (χ1) is 3.13. The van der Waals surface area contributed by atoms with E-state index in [9.17, 15) is 0 Å². The second-order valence-corrected chi connectivity index (χ2v) is 2.68. The van der Waals surface area contributed by atoms with Crippen LogP contribution in [0.15, 0.2) is 0 Å². The van der Waals surface area contributed by atoms with Gasteiger partial charge < -0.3 is 17.7 Å². The van der Waals surface area contributed by atoms with Crippen LogP contribution in [0.25, 0.3) is 0 Å². The van der Waals surface area contributed by atoms with E-state index in [0.29, 0.717) is 0 Å². The molecule has 0 fully saturated rings. The van der Waals surface area contributed by atoms with Gasteiger partial charge in [0, 0.05) is 0 Å². The molecule has 0 saturated heterocycles. The van der Waals surface area contributed by atoms with E-state index in [1.807, 2.05) is 0 Å². The highest BCUT2D eigenvalue weighted by atomic mass is 35.5. The zero-order chi connectivity index (χ0) is 5.86. The maximum absolute atomic E-state index is 2.33. The molecule has 0 saturated carbocycles. The zero-order valence-corrected chi connectivity index (χ0v) is 6.87. The summed E-state index contributed by atoms with van der Waals surface area (Å²) in [6.07, 6.45) is 0. The molecular formula is C6H16ClN. The number of halogens is 1. The van der Waals surface area contributed by atoms with Crippen LogP contribution in [-0.2, 0) is 0 Å². The second-order valence-electron chi connectivity index (χ2n) is 2.68. The van der Waals surface area contributed by atoms with Crippen LogP contribution < -0.4 is 17.7 Å².